The molecule has 1 aliphatic rings. The Morgan fingerprint density at radius 2 is 1.34 bits per heavy atom. The minimum absolute atomic E-state index is 0.234. The van der Waals surface area contributed by atoms with Crippen molar-refractivity contribution in [3.8, 4) is 0 Å². The molecule has 274 valence electrons. The number of amides is 1. The van der Waals surface area contributed by atoms with E-state index in [0.29, 0.717) is 19.3 Å². The Bertz CT molecular complexity index is 867. The van der Waals surface area contributed by atoms with Crippen molar-refractivity contribution in [2.24, 2.45) is 0 Å². The molecular weight excluding hydrogens is 606 g/mol. The number of hydrogen-bond donors (Lipinski definition) is 8. The highest BCUT2D eigenvalue weighted by atomic mass is 16.7. The van der Waals surface area contributed by atoms with Crippen molar-refractivity contribution in [3.63, 3.8) is 0 Å². The van der Waals surface area contributed by atoms with Crippen LogP contribution in [-0.4, -0.2) is 110 Å². The van der Waals surface area contributed by atoms with E-state index in [4.69, 9.17) is 9.47 Å². The maximum absolute atomic E-state index is 12.9. The van der Waals surface area contributed by atoms with Crippen LogP contribution in [0.15, 0.2) is 36.5 Å². The summed E-state index contributed by atoms with van der Waals surface area (Å²) in [5.74, 6) is -0.728. The summed E-state index contributed by atoms with van der Waals surface area (Å²) < 4.78 is 11.0. The van der Waals surface area contributed by atoms with Crippen LogP contribution in [0, 0.1) is 0 Å². The van der Waals surface area contributed by atoms with Crippen LogP contribution in [0.4, 0.5) is 0 Å². The van der Waals surface area contributed by atoms with E-state index in [1.165, 1.54) is 19.3 Å². The van der Waals surface area contributed by atoms with Gasteiger partial charge in [-0.25, -0.2) is 0 Å². The van der Waals surface area contributed by atoms with Crippen molar-refractivity contribution in [2.45, 2.75) is 172 Å². The van der Waals surface area contributed by atoms with E-state index in [-0.39, 0.29) is 12.8 Å². The highest BCUT2D eigenvalue weighted by Gasteiger charge is 2.44. The van der Waals surface area contributed by atoms with Crippen LogP contribution in [0.25, 0.3) is 0 Å². The molecule has 11 nitrogen and oxygen atoms in total. The van der Waals surface area contributed by atoms with Crippen molar-refractivity contribution in [1.29, 1.82) is 0 Å². The van der Waals surface area contributed by atoms with E-state index in [0.717, 1.165) is 51.4 Å². The van der Waals surface area contributed by atoms with Crippen LogP contribution < -0.4 is 5.32 Å². The van der Waals surface area contributed by atoms with Crippen LogP contribution >= 0.6 is 0 Å². The fraction of sp³-hybridized carbons (Fsp3) is 0.806. The Kier molecular flexibility index (Phi) is 25.1. The van der Waals surface area contributed by atoms with Gasteiger partial charge in [0.15, 0.2) is 6.29 Å². The lowest BCUT2D eigenvalue weighted by molar-refractivity contribution is -0.303. The van der Waals surface area contributed by atoms with Gasteiger partial charge in [-0.15, -0.1) is 0 Å². The van der Waals surface area contributed by atoms with E-state index < -0.39 is 74.2 Å². The van der Waals surface area contributed by atoms with Crippen molar-refractivity contribution in [1.82, 2.24) is 5.32 Å². The van der Waals surface area contributed by atoms with Gasteiger partial charge < -0.3 is 50.5 Å². The number of carbonyl (C=O) groups excluding carboxylic acids is 1. The molecular formula is C36H65NO10. The molecule has 1 heterocycles. The first-order chi connectivity index (χ1) is 22.7. The summed E-state index contributed by atoms with van der Waals surface area (Å²) in [6, 6.07) is -1.19. The summed E-state index contributed by atoms with van der Waals surface area (Å²) in [7, 11) is 0. The summed E-state index contributed by atoms with van der Waals surface area (Å²) in [4.78, 5) is 12.9. The lowest BCUT2D eigenvalue weighted by atomic mass is 9.98. The number of nitrogens with one attached hydrogen (secondary N) is 1. The van der Waals surface area contributed by atoms with Crippen molar-refractivity contribution < 1.29 is 50.0 Å². The van der Waals surface area contributed by atoms with Gasteiger partial charge in [0.05, 0.1) is 25.4 Å². The minimum atomic E-state index is -1.67. The lowest BCUT2D eigenvalue weighted by Crippen LogP contribution is -2.60. The molecule has 8 N–H and O–H groups in total. The monoisotopic (exact) mass is 671 g/mol. The molecule has 0 saturated carbocycles. The summed E-state index contributed by atoms with van der Waals surface area (Å²) in [5.41, 5.74) is 0. The zero-order valence-electron chi connectivity index (χ0n) is 28.7. The molecule has 0 aliphatic carbocycles. The largest absolute Gasteiger partial charge is 0.394 e. The van der Waals surface area contributed by atoms with Crippen LogP contribution in [0.1, 0.15) is 117 Å². The molecule has 0 aromatic carbocycles. The fourth-order valence-corrected chi connectivity index (χ4v) is 5.34. The minimum Gasteiger partial charge on any atom is -0.394 e. The summed E-state index contributed by atoms with van der Waals surface area (Å²) in [6.07, 6.45) is 15.2. The standard InChI is InChI=1S/C36H65NO10/c1-3-5-7-9-11-13-14-16-18-20-22-24-29(40)35(45)37-27(26-46-36-34(44)33(43)32(42)30(25-38)47-36)31(41)28(39)23-21-19-17-15-12-10-8-6-4-2/h6,8,11,13,15,17,27-34,36,38-44H,3-5,7,9-10,12,14,16,18-26H2,1-2H3,(H,37,45)/b8-6+,13-11-,17-15+. The number of hydrogen-bond acceptors (Lipinski definition) is 10. The van der Waals surface area contributed by atoms with Gasteiger partial charge in [-0.2, -0.15) is 0 Å². The number of rotatable bonds is 27. The van der Waals surface area contributed by atoms with Crippen LogP contribution in [0.3, 0.4) is 0 Å². The molecule has 1 aliphatic heterocycles. The zero-order chi connectivity index (χ0) is 34.9. The Labute approximate surface area is 282 Å². The number of allylic oxidation sites excluding steroid dienone is 6. The average Bonchev–Trinajstić information content (AvgIpc) is 3.07. The second-order valence-corrected chi connectivity index (χ2v) is 12.5. The molecule has 9 atom stereocenters. The number of aliphatic hydroxyl groups excluding tert-OH is 7. The summed E-state index contributed by atoms with van der Waals surface area (Å²) >= 11 is 0. The Morgan fingerprint density at radius 3 is 1.98 bits per heavy atom. The molecule has 0 radical (unpaired) electrons. The van der Waals surface area contributed by atoms with Crippen LogP contribution in [0.2, 0.25) is 0 Å². The molecule has 1 rings (SSSR count). The van der Waals surface area contributed by atoms with Crippen LogP contribution in [-0.2, 0) is 14.3 Å². The SMILES string of the molecule is CC/C=C/CC/C=C/CCCC(O)C(O)C(COC1OC(CO)C(O)C(O)C1O)NC(=O)C(O)CCCCCC/C=C\CCCCC. The number of ether oxygens (including phenoxy) is 2. The Morgan fingerprint density at radius 1 is 0.745 bits per heavy atom. The molecule has 1 saturated heterocycles. The quantitative estimate of drug-likeness (QED) is 0.0475. The number of aliphatic hydroxyl groups is 7. The van der Waals surface area contributed by atoms with E-state index >= 15 is 0 Å². The molecule has 0 bridgehead atoms. The predicted octanol–water partition coefficient (Wildman–Crippen LogP) is 3.32. The van der Waals surface area contributed by atoms with Crippen molar-refractivity contribution in [3.05, 3.63) is 36.5 Å². The van der Waals surface area contributed by atoms with Gasteiger partial charge in [0.25, 0.3) is 0 Å². The Hall–Kier alpha value is -1.67. The van der Waals surface area contributed by atoms with Crippen molar-refractivity contribution >= 4 is 5.91 Å². The molecule has 0 aromatic heterocycles. The predicted molar refractivity (Wildman–Crippen MR) is 182 cm³/mol. The number of unbranched alkanes of at least 4 members (excludes halogenated alkanes) is 9. The first-order valence-electron chi connectivity index (χ1n) is 17.9. The van der Waals surface area contributed by atoms with E-state index in [1.54, 1.807) is 0 Å². The van der Waals surface area contributed by atoms with Crippen molar-refractivity contribution in [2.75, 3.05) is 13.2 Å². The van der Waals surface area contributed by atoms with Gasteiger partial charge in [-0.05, 0) is 70.6 Å². The number of carbonyl (C=O) groups is 1. The smallest absolute Gasteiger partial charge is 0.249 e. The highest BCUT2D eigenvalue weighted by Crippen LogP contribution is 2.23. The molecule has 0 aromatic rings. The molecule has 47 heavy (non-hydrogen) atoms. The Balaban J connectivity index is 2.66. The normalized spacial score (nSPS) is 24.7. The van der Waals surface area contributed by atoms with Gasteiger partial charge in [0.2, 0.25) is 5.91 Å². The van der Waals surface area contributed by atoms with Gasteiger partial charge in [0, 0.05) is 0 Å². The molecule has 9 unspecified atom stereocenters. The molecule has 11 heteroatoms. The summed E-state index contributed by atoms with van der Waals surface area (Å²) in [5, 5.41) is 74.8. The third-order valence-corrected chi connectivity index (χ3v) is 8.40. The zero-order valence-corrected chi connectivity index (χ0v) is 28.7. The maximum Gasteiger partial charge on any atom is 0.249 e. The molecule has 0 spiro atoms. The van der Waals surface area contributed by atoms with Gasteiger partial charge >= 0.3 is 0 Å². The summed E-state index contributed by atoms with van der Waals surface area (Å²) in [6.45, 7) is 3.19. The van der Waals surface area contributed by atoms with E-state index in [9.17, 15) is 40.5 Å². The third kappa shape index (κ3) is 18.6. The fourth-order valence-electron chi connectivity index (χ4n) is 5.34. The topological polar surface area (TPSA) is 189 Å². The second-order valence-electron chi connectivity index (χ2n) is 12.5. The first kappa shape index (κ1) is 43.4. The van der Waals surface area contributed by atoms with Gasteiger partial charge in [-0.3, -0.25) is 4.79 Å². The maximum atomic E-state index is 12.9. The van der Waals surface area contributed by atoms with E-state index in [1.807, 2.05) is 6.08 Å². The van der Waals surface area contributed by atoms with Gasteiger partial charge in [-0.1, -0.05) is 82.4 Å². The highest BCUT2D eigenvalue weighted by molar-refractivity contribution is 5.80. The second kappa shape index (κ2) is 27.2. The van der Waals surface area contributed by atoms with E-state index in [2.05, 4.69) is 49.5 Å². The third-order valence-electron chi connectivity index (χ3n) is 8.40. The van der Waals surface area contributed by atoms with Crippen LogP contribution in [0.5, 0.6) is 0 Å². The van der Waals surface area contributed by atoms with Gasteiger partial charge in [0.1, 0.15) is 36.6 Å². The average molecular weight is 672 g/mol. The first-order valence-corrected chi connectivity index (χ1v) is 17.9. The molecule has 1 amide bonds. The lowest BCUT2D eigenvalue weighted by Gasteiger charge is -2.40. The molecule has 1 fully saturated rings.